The van der Waals surface area contributed by atoms with Crippen molar-refractivity contribution >= 4 is 27.5 Å². The van der Waals surface area contributed by atoms with E-state index in [2.05, 4.69) is 105 Å². The maximum Gasteiger partial charge on any atom is 0.162 e. The maximum absolute atomic E-state index is 11.7. The van der Waals surface area contributed by atoms with Crippen molar-refractivity contribution in [1.82, 2.24) is 9.97 Å². The molecule has 3 aromatic carbocycles. The van der Waals surface area contributed by atoms with E-state index in [9.17, 15) is 9.90 Å². The predicted octanol–water partition coefficient (Wildman–Crippen LogP) is 11.9. The number of benzene rings is 3. The van der Waals surface area contributed by atoms with Crippen LogP contribution in [0.5, 0.6) is 0 Å². The first-order valence-corrected chi connectivity index (χ1v) is 17.6. The summed E-state index contributed by atoms with van der Waals surface area (Å²) in [5.74, 6) is 2.14. The molecular weight excluding hydrogens is 785 g/mol. The van der Waals surface area contributed by atoms with Gasteiger partial charge < -0.3 is 9.52 Å². The summed E-state index contributed by atoms with van der Waals surface area (Å²) < 4.78 is 6.01. The van der Waals surface area contributed by atoms with Crippen molar-refractivity contribution in [3.05, 3.63) is 96.2 Å². The third-order valence-corrected chi connectivity index (χ3v) is 9.08. The second-order valence-corrected chi connectivity index (χ2v) is 14.2. The smallest absolute Gasteiger partial charge is 0.162 e. The number of ketones is 1. The summed E-state index contributed by atoms with van der Waals surface area (Å²) in [7, 11) is 0. The number of hydrogen-bond donors (Lipinski definition) is 1. The molecule has 0 aliphatic heterocycles. The first-order valence-electron chi connectivity index (χ1n) is 17.6. The number of aromatic nitrogens is 2. The molecule has 2 heterocycles. The van der Waals surface area contributed by atoms with Crippen molar-refractivity contribution in [3.8, 4) is 22.5 Å². The summed E-state index contributed by atoms with van der Waals surface area (Å²) in [5, 5.41) is 13.2. The quantitative estimate of drug-likeness (QED) is 0.0815. The Balaban J connectivity index is 0.000000347. The first kappa shape index (κ1) is 39.8. The van der Waals surface area contributed by atoms with Gasteiger partial charge in [0.05, 0.1) is 11.5 Å². The van der Waals surface area contributed by atoms with Crippen LogP contribution in [0.15, 0.2) is 83.2 Å². The molecule has 0 aliphatic rings. The van der Waals surface area contributed by atoms with Crippen molar-refractivity contribution in [1.29, 1.82) is 0 Å². The van der Waals surface area contributed by atoms with Crippen LogP contribution in [0.1, 0.15) is 99.3 Å². The largest absolute Gasteiger partial charge is 0.512 e. The average Bonchev–Trinajstić information content (AvgIpc) is 3.46. The van der Waals surface area contributed by atoms with Gasteiger partial charge in [-0.2, -0.15) is 0 Å². The van der Waals surface area contributed by atoms with Crippen LogP contribution in [-0.4, -0.2) is 20.9 Å². The van der Waals surface area contributed by atoms with E-state index in [1.807, 2.05) is 33.8 Å². The van der Waals surface area contributed by atoms with Gasteiger partial charge in [-0.15, -0.1) is 29.1 Å². The SMILES string of the molecule is CC(C)Cc1cc2cc(-c3cc(-c4[c-]c5ccccc5c(C(C)(C)C)c4)ncn3)ccc2o1.CCC(CC)C(=O)/C=C(\O)C(CC)CC.[Ir]. The van der Waals surface area contributed by atoms with Gasteiger partial charge in [0.15, 0.2) is 5.78 Å². The van der Waals surface area contributed by atoms with Gasteiger partial charge in [-0.05, 0) is 67.3 Å². The Bertz CT molecular complexity index is 1860. The molecule has 0 saturated heterocycles. The summed E-state index contributed by atoms with van der Waals surface area (Å²) >= 11 is 0. The average molecular weight is 838 g/mol. The van der Waals surface area contributed by atoms with E-state index in [0.29, 0.717) is 5.92 Å². The second-order valence-electron chi connectivity index (χ2n) is 14.2. The fourth-order valence-electron chi connectivity index (χ4n) is 6.19. The van der Waals surface area contributed by atoms with Gasteiger partial charge in [0, 0.05) is 61.1 Å². The van der Waals surface area contributed by atoms with Gasteiger partial charge in [0.1, 0.15) is 17.7 Å². The minimum Gasteiger partial charge on any atom is -0.512 e. The van der Waals surface area contributed by atoms with Crippen LogP contribution in [0, 0.1) is 23.8 Å². The fourth-order valence-corrected chi connectivity index (χ4v) is 6.19. The van der Waals surface area contributed by atoms with Crippen molar-refractivity contribution in [2.24, 2.45) is 17.8 Å². The summed E-state index contributed by atoms with van der Waals surface area (Å²) in [6.45, 7) is 19.2. The molecule has 5 rings (SSSR count). The minimum atomic E-state index is 0. The van der Waals surface area contributed by atoms with Crippen molar-refractivity contribution in [3.63, 3.8) is 0 Å². The molecule has 1 N–H and O–H groups in total. The van der Waals surface area contributed by atoms with Crippen LogP contribution in [0.2, 0.25) is 0 Å². The Labute approximate surface area is 307 Å². The number of nitrogens with zero attached hydrogens (tertiary/aromatic N) is 2. The zero-order chi connectivity index (χ0) is 35.0. The Morgan fingerprint density at radius 1 is 0.878 bits per heavy atom. The standard InChI is InChI=1S/C30H29N2O.C13H24O2.Ir/c1-19(2)12-24-15-23-14-21(10-11-29(23)33-24)27-17-28(32-18-31-27)22-13-20-8-6-7-9-25(20)26(16-22)30(3,4)5;1-5-10(6-2)12(14)9-13(15)11(7-3)8-4;/h6-11,14-19H,12H2,1-5H3;9-11,14H,5-8H2,1-4H3;/q-1;;/b;12-9-;. The van der Waals surface area contributed by atoms with Gasteiger partial charge >= 0.3 is 0 Å². The summed E-state index contributed by atoms with van der Waals surface area (Å²) in [4.78, 5) is 20.9. The van der Waals surface area contributed by atoms with Gasteiger partial charge in [-0.1, -0.05) is 91.5 Å². The Kier molecular flexibility index (Phi) is 14.5. The van der Waals surface area contributed by atoms with Crippen LogP contribution >= 0.6 is 0 Å². The molecule has 0 amide bonds. The molecule has 5 aromatic rings. The normalized spacial score (nSPS) is 12.0. The molecule has 0 spiro atoms. The fraction of sp³-hybridized carbons (Fsp3) is 0.419. The molecule has 0 unspecified atom stereocenters. The summed E-state index contributed by atoms with van der Waals surface area (Å²) in [6, 6.07) is 24.7. The molecule has 0 saturated carbocycles. The Morgan fingerprint density at radius 2 is 1.53 bits per heavy atom. The Morgan fingerprint density at radius 3 is 2.16 bits per heavy atom. The zero-order valence-electron chi connectivity index (χ0n) is 30.7. The first-order chi connectivity index (χ1) is 22.9. The zero-order valence-corrected chi connectivity index (χ0v) is 33.1. The summed E-state index contributed by atoms with van der Waals surface area (Å²) in [5.41, 5.74) is 6.05. The number of rotatable bonds is 11. The third kappa shape index (κ3) is 10.2. The number of carbonyl (C=O) groups is 1. The molecule has 49 heavy (non-hydrogen) atoms. The number of fused-ring (bicyclic) bond motifs is 2. The second kappa shape index (κ2) is 17.9. The van der Waals surface area contributed by atoms with E-state index in [0.717, 1.165) is 76.7 Å². The number of furan rings is 1. The molecule has 0 bridgehead atoms. The van der Waals surface area contributed by atoms with Crippen molar-refractivity contribution in [2.45, 2.75) is 99.8 Å². The molecular formula is C43H53IrN2O3-. The van der Waals surface area contributed by atoms with Crippen LogP contribution in [0.25, 0.3) is 44.3 Å². The van der Waals surface area contributed by atoms with Gasteiger partial charge in [-0.25, -0.2) is 4.98 Å². The van der Waals surface area contributed by atoms with Crippen LogP contribution < -0.4 is 0 Å². The van der Waals surface area contributed by atoms with Gasteiger partial charge in [0.2, 0.25) is 0 Å². The molecule has 6 heteroatoms. The number of aliphatic hydroxyl groups is 1. The third-order valence-electron chi connectivity index (χ3n) is 9.08. The minimum absolute atomic E-state index is 0. The molecule has 263 valence electrons. The maximum atomic E-state index is 11.7. The summed E-state index contributed by atoms with van der Waals surface area (Å²) in [6.07, 6.45) is 7.49. The predicted molar refractivity (Wildman–Crippen MR) is 200 cm³/mol. The van der Waals surface area contributed by atoms with Gasteiger partial charge in [0.25, 0.3) is 0 Å². The van der Waals surface area contributed by atoms with Crippen molar-refractivity contribution in [2.75, 3.05) is 0 Å². The van der Waals surface area contributed by atoms with E-state index in [1.165, 1.54) is 17.0 Å². The van der Waals surface area contributed by atoms with E-state index in [4.69, 9.17) is 4.42 Å². The van der Waals surface area contributed by atoms with E-state index >= 15 is 0 Å². The number of aliphatic hydroxyl groups excluding tert-OH is 1. The van der Waals surface area contributed by atoms with Crippen molar-refractivity contribution < 1.29 is 34.4 Å². The van der Waals surface area contributed by atoms with Crippen LogP contribution in [0.4, 0.5) is 0 Å². The number of allylic oxidation sites excluding steroid dienone is 2. The molecule has 0 fully saturated rings. The monoisotopic (exact) mass is 838 g/mol. The van der Waals surface area contributed by atoms with Crippen LogP contribution in [-0.2, 0) is 36.7 Å². The molecule has 5 nitrogen and oxygen atoms in total. The topological polar surface area (TPSA) is 76.2 Å². The van der Waals surface area contributed by atoms with E-state index < -0.39 is 0 Å². The van der Waals surface area contributed by atoms with Crippen LogP contribution in [0.3, 0.4) is 0 Å². The van der Waals surface area contributed by atoms with E-state index in [1.54, 1.807) is 6.33 Å². The molecule has 1 radical (unpaired) electrons. The number of carbonyl (C=O) groups excluding carboxylic acids is 1. The molecule has 0 aliphatic carbocycles. The Hall–Kier alpha value is -3.60. The van der Waals surface area contributed by atoms with Gasteiger partial charge in [-0.3, -0.25) is 9.78 Å². The van der Waals surface area contributed by atoms with E-state index in [-0.39, 0.29) is 48.9 Å². The molecule has 0 atom stereocenters. The number of hydrogen-bond acceptors (Lipinski definition) is 5. The molecule has 2 aromatic heterocycles.